The van der Waals surface area contributed by atoms with E-state index in [2.05, 4.69) is 5.10 Å². The van der Waals surface area contributed by atoms with Gasteiger partial charge < -0.3 is 14.6 Å². The molecule has 0 fully saturated rings. The van der Waals surface area contributed by atoms with Gasteiger partial charge in [0.05, 0.1) is 18.9 Å². The number of rotatable bonds is 6. The summed E-state index contributed by atoms with van der Waals surface area (Å²) in [6.07, 6.45) is 0.0468. The molecular formula is C20H19N2O4-. The summed E-state index contributed by atoms with van der Waals surface area (Å²) in [4.78, 5) is 23.3. The molecule has 1 amide bonds. The van der Waals surface area contributed by atoms with Gasteiger partial charge in [-0.1, -0.05) is 48.5 Å². The van der Waals surface area contributed by atoms with Gasteiger partial charge in [0.2, 0.25) is 5.91 Å². The molecule has 0 radical (unpaired) electrons. The second kappa shape index (κ2) is 7.82. The van der Waals surface area contributed by atoms with Crippen LogP contribution in [0.3, 0.4) is 0 Å². The minimum atomic E-state index is -1.25. The van der Waals surface area contributed by atoms with Gasteiger partial charge >= 0.3 is 0 Å². The van der Waals surface area contributed by atoms with Crippen LogP contribution in [0.2, 0.25) is 0 Å². The molecule has 0 aromatic heterocycles. The molecule has 0 unspecified atom stereocenters. The van der Waals surface area contributed by atoms with Gasteiger partial charge in [0, 0.05) is 24.4 Å². The van der Waals surface area contributed by atoms with E-state index in [0.29, 0.717) is 12.2 Å². The topological polar surface area (TPSA) is 82.0 Å². The molecule has 134 valence electrons. The summed E-state index contributed by atoms with van der Waals surface area (Å²) in [5, 5.41) is 16.6. The lowest BCUT2D eigenvalue weighted by molar-refractivity contribution is -0.305. The third kappa shape index (κ3) is 3.74. The van der Waals surface area contributed by atoms with Crippen molar-refractivity contribution in [1.82, 2.24) is 5.01 Å². The predicted octanol–water partition coefficient (Wildman–Crippen LogP) is 1.90. The van der Waals surface area contributed by atoms with Crippen molar-refractivity contribution in [3.05, 3.63) is 65.7 Å². The first kappa shape index (κ1) is 17.7. The Hall–Kier alpha value is -3.15. The number of aliphatic carboxylic acids is 1. The Bertz CT molecular complexity index is 833. The maximum Gasteiger partial charge on any atom is 0.243 e. The van der Waals surface area contributed by atoms with Crippen LogP contribution in [0.1, 0.15) is 36.4 Å². The molecule has 1 aliphatic rings. The van der Waals surface area contributed by atoms with Crippen LogP contribution < -0.4 is 9.84 Å². The molecule has 0 saturated carbocycles. The molecular weight excluding hydrogens is 332 g/mol. The summed E-state index contributed by atoms with van der Waals surface area (Å²) < 4.78 is 5.43. The average Bonchev–Trinajstić information content (AvgIpc) is 3.12. The van der Waals surface area contributed by atoms with Gasteiger partial charge in [-0.2, -0.15) is 5.10 Å². The molecule has 6 heteroatoms. The number of nitrogens with zero attached hydrogens (tertiary/aromatic N) is 2. The number of hydrazone groups is 1. The van der Waals surface area contributed by atoms with Crippen LogP contribution in [-0.2, 0) is 9.59 Å². The van der Waals surface area contributed by atoms with Gasteiger partial charge in [-0.25, -0.2) is 5.01 Å². The second-order valence-corrected chi connectivity index (χ2v) is 5.98. The van der Waals surface area contributed by atoms with Crippen LogP contribution >= 0.6 is 0 Å². The largest absolute Gasteiger partial charge is 0.550 e. The number of methoxy groups -OCH3 is 1. The number of hydrogen-bond acceptors (Lipinski definition) is 5. The van der Waals surface area contributed by atoms with Crippen molar-refractivity contribution in [2.24, 2.45) is 5.10 Å². The number of carbonyl (C=O) groups is 2. The first-order valence-electron chi connectivity index (χ1n) is 8.38. The molecule has 0 bridgehead atoms. The predicted molar refractivity (Wildman–Crippen MR) is 94.4 cm³/mol. The highest BCUT2D eigenvalue weighted by atomic mass is 16.5. The SMILES string of the molecule is COc1ccccc1[C@H]1CC(c2ccccc2)=NN1C(=O)CCC(=O)[O-]. The molecule has 1 atom stereocenters. The third-order valence-electron chi connectivity index (χ3n) is 4.31. The van der Waals surface area contributed by atoms with Gasteiger partial charge in [0.25, 0.3) is 0 Å². The summed E-state index contributed by atoms with van der Waals surface area (Å²) in [5.74, 6) is -0.936. The summed E-state index contributed by atoms with van der Waals surface area (Å²) in [6.45, 7) is 0. The molecule has 1 heterocycles. The van der Waals surface area contributed by atoms with Crippen molar-refractivity contribution in [2.45, 2.75) is 25.3 Å². The lowest BCUT2D eigenvalue weighted by Crippen LogP contribution is -2.30. The average molecular weight is 351 g/mol. The number of amides is 1. The van der Waals surface area contributed by atoms with E-state index in [0.717, 1.165) is 16.8 Å². The monoisotopic (exact) mass is 351 g/mol. The minimum absolute atomic E-state index is 0.153. The molecule has 2 aromatic rings. The molecule has 0 saturated heterocycles. The Morgan fingerprint density at radius 3 is 2.50 bits per heavy atom. The fourth-order valence-corrected chi connectivity index (χ4v) is 3.05. The molecule has 0 aliphatic carbocycles. The Morgan fingerprint density at radius 1 is 1.12 bits per heavy atom. The molecule has 3 rings (SSSR count). The molecule has 1 aliphatic heterocycles. The highest BCUT2D eigenvalue weighted by Gasteiger charge is 2.34. The van der Waals surface area contributed by atoms with Gasteiger partial charge in [-0.15, -0.1) is 0 Å². The lowest BCUT2D eigenvalue weighted by Gasteiger charge is -2.23. The first-order chi connectivity index (χ1) is 12.6. The zero-order valence-electron chi connectivity index (χ0n) is 14.4. The minimum Gasteiger partial charge on any atom is -0.550 e. The van der Waals surface area contributed by atoms with Crippen LogP contribution in [0.4, 0.5) is 0 Å². The Kier molecular flexibility index (Phi) is 5.31. The van der Waals surface area contributed by atoms with E-state index in [-0.39, 0.29) is 24.8 Å². The quantitative estimate of drug-likeness (QED) is 0.796. The lowest BCUT2D eigenvalue weighted by atomic mass is 9.97. The number of hydrogen-bond donors (Lipinski definition) is 0. The van der Waals surface area contributed by atoms with Gasteiger partial charge in [-0.3, -0.25) is 4.79 Å². The van der Waals surface area contributed by atoms with E-state index in [9.17, 15) is 14.7 Å². The molecule has 2 aromatic carbocycles. The normalized spacial score (nSPS) is 16.3. The summed E-state index contributed by atoms with van der Waals surface area (Å²) >= 11 is 0. The number of benzene rings is 2. The Labute approximate surface area is 151 Å². The summed E-state index contributed by atoms with van der Waals surface area (Å²) in [5.41, 5.74) is 2.55. The van der Waals surface area contributed by atoms with Crippen molar-refractivity contribution >= 4 is 17.6 Å². The smallest absolute Gasteiger partial charge is 0.243 e. The fourth-order valence-electron chi connectivity index (χ4n) is 3.05. The van der Waals surface area contributed by atoms with Crippen molar-refractivity contribution in [3.8, 4) is 5.75 Å². The van der Waals surface area contributed by atoms with Crippen molar-refractivity contribution < 1.29 is 19.4 Å². The van der Waals surface area contributed by atoms with E-state index in [1.807, 2.05) is 54.6 Å². The second-order valence-electron chi connectivity index (χ2n) is 5.98. The molecule has 0 N–H and O–H groups in total. The van der Waals surface area contributed by atoms with E-state index >= 15 is 0 Å². The van der Waals surface area contributed by atoms with E-state index in [1.165, 1.54) is 5.01 Å². The maximum atomic E-state index is 12.6. The number of para-hydroxylation sites is 1. The van der Waals surface area contributed by atoms with E-state index in [1.54, 1.807) is 7.11 Å². The zero-order chi connectivity index (χ0) is 18.5. The van der Waals surface area contributed by atoms with Crippen molar-refractivity contribution in [3.63, 3.8) is 0 Å². The highest BCUT2D eigenvalue weighted by Crippen LogP contribution is 2.37. The highest BCUT2D eigenvalue weighted by molar-refractivity contribution is 6.03. The summed E-state index contributed by atoms with van der Waals surface area (Å²) in [7, 11) is 1.58. The number of carbonyl (C=O) groups excluding carboxylic acids is 2. The number of ether oxygens (including phenoxy) is 1. The number of carboxylic acid groups (broad SMARTS) is 1. The van der Waals surface area contributed by atoms with Crippen LogP contribution in [0.25, 0.3) is 0 Å². The standard InChI is InChI=1S/C20H20N2O4/c1-26-18-10-6-5-9-15(18)17-13-16(14-7-3-2-4-8-14)21-22(17)19(23)11-12-20(24)25/h2-10,17H,11-13H2,1H3,(H,24,25)/p-1/t17-/m1/s1. The first-order valence-corrected chi connectivity index (χ1v) is 8.38. The zero-order valence-corrected chi connectivity index (χ0v) is 14.4. The van der Waals surface area contributed by atoms with Gasteiger partial charge in [0.15, 0.2) is 0 Å². The number of carboxylic acids is 1. The van der Waals surface area contributed by atoms with Crippen LogP contribution in [-0.4, -0.2) is 29.7 Å². The third-order valence-corrected chi connectivity index (χ3v) is 4.31. The van der Waals surface area contributed by atoms with Crippen molar-refractivity contribution in [2.75, 3.05) is 7.11 Å². The van der Waals surface area contributed by atoms with Crippen LogP contribution in [0, 0.1) is 0 Å². The van der Waals surface area contributed by atoms with Crippen LogP contribution in [0.15, 0.2) is 59.7 Å². The van der Waals surface area contributed by atoms with Gasteiger partial charge in [0.1, 0.15) is 5.75 Å². The summed E-state index contributed by atoms with van der Waals surface area (Å²) in [6, 6.07) is 16.7. The van der Waals surface area contributed by atoms with Gasteiger partial charge in [-0.05, 0) is 18.1 Å². The Balaban J connectivity index is 1.94. The van der Waals surface area contributed by atoms with E-state index < -0.39 is 5.97 Å². The molecule has 26 heavy (non-hydrogen) atoms. The van der Waals surface area contributed by atoms with Crippen LogP contribution in [0.5, 0.6) is 5.75 Å². The van der Waals surface area contributed by atoms with E-state index in [4.69, 9.17) is 4.74 Å². The Morgan fingerprint density at radius 2 is 1.81 bits per heavy atom. The molecule has 6 nitrogen and oxygen atoms in total. The fraction of sp³-hybridized carbons (Fsp3) is 0.250. The van der Waals surface area contributed by atoms with Crippen molar-refractivity contribution in [1.29, 1.82) is 0 Å². The maximum absolute atomic E-state index is 12.6. The molecule has 0 spiro atoms.